The molecule has 1 unspecified atom stereocenters. The Bertz CT molecular complexity index is 102. The molecule has 0 saturated heterocycles. The minimum atomic E-state index is 0.597. The van der Waals surface area contributed by atoms with Crippen molar-refractivity contribution in [1.29, 1.82) is 0 Å². The molecule has 0 spiro atoms. The van der Waals surface area contributed by atoms with Gasteiger partial charge in [0, 0.05) is 11.8 Å². The highest BCUT2D eigenvalue weighted by molar-refractivity contribution is 7.99. The quantitative estimate of drug-likeness (QED) is 0.619. The molecule has 0 aliphatic carbocycles. The Kier molecular flexibility index (Phi) is 6.77. The predicted octanol–water partition coefficient (Wildman–Crippen LogP) is 2.29. The molecule has 1 nitrogen and oxygen atoms in total. The standard InChI is InChI=1S/C9H19NS/c1-5-6-9(10-4)7-11-8(2)3/h5,8-10H,1,6-7H2,2-4H3. The minimum absolute atomic E-state index is 0.597. The Morgan fingerprint density at radius 1 is 1.55 bits per heavy atom. The molecule has 0 aromatic rings. The second-order valence-corrected chi connectivity index (χ2v) is 4.50. The van der Waals surface area contributed by atoms with Crippen molar-refractivity contribution in [2.75, 3.05) is 12.8 Å². The minimum Gasteiger partial charge on any atom is -0.316 e. The summed E-state index contributed by atoms with van der Waals surface area (Å²) in [6.07, 6.45) is 3.04. The zero-order valence-corrected chi connectivity index (χ0v) is 8.58. The van der Waals surface area contributed by atoms with Gasteiger partial charge in [0.2, 0.25) is 0 Å². The van der Waals surface area contributed by atoms with E-state index in [1.54, 1.807) is 0 Å². The molecule has 0 radical (unpaired) electrons. The molecular weight excluding hydrogens is 154 g/mol. The SMILES string of the molecule is C=CCC(CSC(C)C)NC. The summed E-state index contributed by atoms with van der Waals surface area (Å²) < 4.78 is 0. The van der Waals surface area contributed by atoms with Crippen molar-refractivity contribution in [1.82, 2.24) is 5.32 Å². The summed E-state index contributed by atoms with van der Waals surface area (Å²) in [7, 11) is 2.01. The Morgan fingerprint density at radius 3 is 2.55 bits per heavy atom. The topological polar surface area (TPSA) is 12.0 Å². The van der Waals surface area contributed by atoms with Crippen molar-refractivity contribution in [2.24, 2.45) is 0 Å². The third-order valence-corrected chi connectivity index (χ3v) is 2.75. The van der Waals surface area contributed by atoms with Gasteiger partial charge in [0.15, 0.2) is 0 Å². The van der Waals surface area contributed by atoms with E-state index >= 15 is 0 Å². The van der Waals surface area contributed by atoms with Crippen molar-refractivity contribution in [3.05, 3.63) is 12.7 Å². The monoisotopic (exact) mass is 173 g/mol. The highest BCUT2D eigenvalue weighted by atomic mass is 32.2. The zero-order chi connectivity index (χ0) is 8.69. The highest BCUT2D eigenvalue weighted by Gasteiger charge is 2.04. The molecule has 1 N–H and O–H groups in total. The first-order valence-electron chi connectivity index (χ1n) is 4.10. The van der Waals surface area contributed by atoms with Gasteiger partial charge in [0.25, 0.3) is 0 Å². The third kappa shape index (κ3) is 6.45. The average molecular weight is 173 g/mol. The smallest absolute Gasteiger partial charge is 0.0189 e. The van der Waals surface area contributed by atoms with Gasteiger partial charge >= 0.3 is 0 Å². The first-order valence-corrected chi connectivity index (χ1v) is 5.15. The van der Waals surface area contributed by atoms with E-state index in [9.17, 15) is 0 Å². The largest absolute Gasteiger partial charge is 0.316 e. The van der Waals surface area contributed by atoms with E-state index in [1.165, 1.54) is 5.75 Å². The van der Waals surface area contributed by atoms with E-state index in [4.69, 9.17) is 0 Å². The van der Waals surface area contributed by atoms with E-state index in [-0.39, 0.29) is 0 Å². The molecule has 0 aromatic heterocycles. The second kappa shape index (κ2) is 6.74. The van der Waals surface area contributed by atoms with Crippen LogP contribution in [0, 0.1) is 0 Å². The lowest BCUT2D eigenvalue weighted by Gasteiger charge is -2.14. The summed E-state index contributed by atoms with van der Waals surface area (Å²) in [5.41, 5.74) is 0. The van der Waals surface area contributed by atoms with Gasteiger partial charge in [-0.2, -0.15) is 11.8 Å². The van der Waals surface area contributed by atoms with Gasteiger partial charge in [-0.15, -0.1) is 6.58 Å². The van der Waals surface area contributed by atoms with E-state index in [0.717, 1.165) is 11.7 Å². The van der Waals surface area contributed by atoms with Gasteiger partial charge < -0.3 is 5.32 Å². The van der Waals surface area contributed by atoms with Crippen LogP contribution in [0.15, 0.2) is 12.7 Å². The molecule has 11 heavy (non-hydrogen) atoms. The first kappa shape index (κ1) is 11.1. The van der Waals surface area contributed by atoms with Crippen LogP contribution in [0.2, 0.25) is 0 Å². The molecule has 0 aliphatic heterocycles. The molecular formula is C9H19NS. The fourth-order valence-electron chi connectivity index (χ4n) is 0.779. The lowest BCUT2D eigenvalue weighted by molar-refractivity contribution is 0.628. The number of hydrogen-bond acceptors (Lipinski definition) is 2. The number of thioether (sulfide) groups is 1. The lowest BCUT2D eigenvalue weighted by Crippen LogP contribution is -2.27. The van der Waals surface area contributed by atoms with Crippen LogP contribution in [0.25, 0.3) is 0 Å². The molecule has 0 fully saturated rings. The van der Waals surface area contributed by atoms with Crippen LogP contribution in [-0.4, -0.2) is 24.1 Å². The highest BCUT2D eigenvalue weighted by Crippen LogP contribution is 2.11. The molecule has 2 heteroatoms. The van der Waals surface area contributed by atoms with Gasteiger partial charge in [-0.3, -0.25) is 0 Å². The maximum absolute atomic E-state index is 3.73. The summed E-state index contributed by atoms with van der Waals surface area (Å²) >= 11 is 1.99. The van der Waals surface area contributed by atoms with E-state index in [1.807, 2.05) is 24.9 Å². The van der Waals surface area contributed by atoms with Gasteiger partial charge in [-0.1, -0.05) is 19.9 Å². The molecule has 0 rings (SSSR count). The first-order chi connectivity index (χ1) is 5.20. The van der Waals surface area contributed by atoms with Crippen LogP contribution in [0.5, 0.6) is 0 Å². The Morgan fingerprint density at radius 2 is 2.18 bits per heavy atom. The molecule has 1 atom stereocenters. The maximum atomic E-state index is 3.73. The van der Waals surface area contributed by atoms with Crippen molar-refractivity contribution in [2.45, 2.75) is 31.6 Å². The van der Waals surface area contributed by atoms with Crippen molar-refractivity contribution >= 4 is 11.8 Å². The maximum Gasteiger partial charge on any atom is 0.0189 e. The van der Waals surface area contributed by atoms with Crippen LogP contribution in [0.3, 0.4) is 0 Å². The second-order valence-electron chi connectivity index (χ2n) is 2.89. The Balaban J connectivity index is 3.43. The predicted molar refractivity (Wildman–Crippen MR) is 55.3 cm³/mol. The van der Waals surface area contributed by atoms with Crippen molar-refractivity contribution in [3.63, 3.8) is 0 Å². The molecule has 0 bridgehead atoms. The zero-order valence-electron chi connectivity index (χ0n) is 7.76. The van der Waals surface area contributed by atoms with Crippen LogP contribution < -0.4 is 5.32 Å². The van der Waals surface area contributed by atoms with E-state index in [2.05, 4.69) is 25.7 Å². The van der Waals surface area contributed by atoms with E-state index in [0.29, 0.717) is 6.04 Å². The van der Waals surface area contributed by atoms with Crippen LogP contribution in [0.1, 0.15) is 20.3 Å². The molecule has 0 saturated carbocycles. The molecule has 0 aromatic carbocycles. The summed E-state index contributed by atoms with van der Waals surface area (Å²) in [5, 5.41) is 4.00. The molecule has 0 heterocycles. The summed E-state index contributed by atoms with van der Waals surface area (Å²) in [6.45, 7) is 8.18. The summed E-state index contributed by atoms with van der Waals surface area (Å²) in [6, 6.07) is 0.597. The van der Waals surface area contributed by atoms with Crippen LogP contribution >= 0.6 is 11.8 Å². The van der Waals surface area contributed by atoms with Gasteiger partial charge in [0.05, 0.1) is 0 Å². The number of nitrogens with one attached hydrogen (secondary N) is 1. The van der Waals surface area contributed by atoms with Gasteiger partial charge in [-0.25, -0.2) is 0 Å². The Hall–Kier alpha value is 0.0500. The van der Waals surface area contributed by atoms with Crippen LogP contribution in [0.4, 0.5) is 0 Å². The summed E-state index contributed by atoms with van der Waals surface area (Å²) in [5.74, 6) is 1.18. The summed E-state index contributed by atoms with van der Waals surface area (Å²) in [4.78, 5) is 0. The number of rotatable bonds is 6. The van der Waals surface area contributed by atoms with Gasteiger partial charge in [0.1, 0.15) is 0 Å². The normalized spacial score (nSPS) is 13.5. The van der Waals surface area contributed by atoms with E-state index < -0.39 is 0 Å². The van der Waals surface area contributed by atoms with Gasteiger partial charge in [-0.05, 0) is 18.7 Å². The molecule has 0 amide bonds. The molecule has 0 aliphatic rings. The third-order valence-electron chi connectivity index (χ3n) is 1.49. The Labute approximate surface area is 74.6 Å². The number of hydrogen-bond donors (Lipinski definition) is 1. The van der Waals surface area contributed by atoms with Crippen molar-refractivity contribution < 1.29 is 0 Å². The molecule has 66 valence electrons. The van der Waals surface area contributed by atoms with Crippen LogP contribution in [-0.2, 0) is 0 Å². The average Bonchev–Trinajstić information content (AvgIpc) is 1.97. The fourth-order valence-corrected chi connectivity index (χ4v) is 1.70. The van der Waals surface area contributed by atoms with Crippen molar-refractivity contribution in [3.8, 4) is 0 Å². The lowest BCUT2D eigenvalue weighted by atomic mass is 10.2. The fraction of sp³-hybridized carbons (Fsp3) is 0.778.